The van der Waals surface area contributed by atoms with Gasteiger partial charge in [0.2, 0.25) is 5.91 Å². The van der Waals surface area contributed by atoms with E-state index in [4.69, 9.17) is 5.73 Å². The number of carbonyl (C=O) groups excluding carboxylic acids is 1. The van der Waals surface area contributed by atoms with Crippen molar-refractivity contribution in [3.63, 3.8) is 0 Å². The normalized spacial score (nSPS) is 11.4. The maximum absolute atomic E-state index is 12.8. The average molecular weight is 384 g/mol. The van der Waals surface area contributed by atoms with Crippen molar-refractivity contribution in [3.8, 4) is 11.1 Å². The molecule has 1 aromatic heterocycles. The molecule has 0 radical (unpaired) electrons. The van der Waals surface area contributed by atoms with Crippen molar-refractivity contribution in [2.75, 3.05) is 4.72 Å². The van der Waals surface area contributed by atoms with Crippen LogP contribution in [0.2, 0.25) is 0 Å². The molecule has 3 aromatic rings. The molecule has 27 heavy (non-hydrogen) atoms. The number of benzene rings is 2. The topological polar surface area (TPSA) is 107 Å². The highest BCUT2D eigenvalue weighted by atomic mass is 32.2. The van der Waals surface area contributed by atoms with Gasteiger partial charge in [-0.05, 0) is 49.2 Å². The van der Waals surface area contributed by atoms with Crippen LogP contribution in [0.3, 0.4) is 0 Å². The largest absolute Gasteiger partial charge is 0.366 e. The van der Waals surface area contributed by atoms with E-state index in [1.165, 1.54) is 0 Å². The first-order chi connectivity index (χ1) is 12.7. The Labute approximate surface area is 157 Å². The van der Waals surface area contributed by atoms with Crippen LogP contribution >= 0.6 is 0 Å². The van der Waals surface area contributed by atoms with Crippen molar-refractivity contribution in [2.45, 2.75) is 18.7 Å². The van der Waals surface area contributed by atoms with E-state index in [2.05, 4.69) is 9.82 Å². The number of nitrogens with two attached hydrogens (primary N) is 1. The maximum Gasteiger partial charge on any atom is 0.265 e. The third-order valence-electron chi connectivity index (χ3n) is 4.33. The number of aryl methyl sites for hydroxylation is 2. The highest BCUT2D eigenvalue weighted by molar-refractivity contribution is 7.92. The summed E-state index contributed by atoms with van der Waals surface area (Å²) in [5.41, 5.74) is 8.78. The Hall–Kier alpha value is -3.13. The smallest absolute Gasteiger partial charge is 0.265 e. The van der Waals surface area contributed by atoms with Crippen LogP contribution in [-0.2, 0) is 17.1 Å². The van der Waals surface area contributed by atoms with E-state index >= 15 is 0 Å². The molecule has 0 fully saturated rings. The lowest BCUT2D eigenvalue weighted by Crippen LogP contribution is -2.15. The quantitative estimate of drug-likeness (QED) is 0.705. The fraction of sp³-hybridized carbons (Fsp3) is 0.158. The fourth-order valence-corrected chi connectivity index (χ4v) is 4.43. The van der Waals surface area contributed by atoms with Crippen molar-refractivity contribution in [2.24, 2.45) is 12.8 Å². The predicted octanol–water partition coefficient (Wildman–Crippen LogP) is 2.60. The molecule has 0 aliphatic carbocycles. The van der Waals surface area contributed by atoms with Gasteiger partial charge < -0.3 is 5.73 Å². The van der Waals surface area contributed by atoms with Crippen LogP contribution in [0.1, 0.15) is 21.7 Å². The van der Waals surface area contributed by atoms with Gasteiger partial charge in [-0.25, -0.2) is 8.42 Å². The van der Waals surface area contributed by atoms with E-state index in [1.54, 1.807) is 68.0 Å². The van der Waals surface area contributed by atoms with Gasteiger partial charge in [-0.15, -0.1) is 0 Å². The van der Waals surface area contributed by atoms with Crippen LogP contribution in [0.25, 0.3) is 11.1 Å². The summed E-state index contributed by atoms with van der Waals surface area (Å²) in [5.74, 6) is -0.495. The number of anilines is 1. The molecule has 0 unspecified atom stereocenters. The van der Waals surface area contributed by atoms with Gasteiger partial charge >= 0.3 is 0 Å². The van der Waals surface area contributed by atoms with Crippen LogP contribution in [0, 0.1) is 13.8 Å². The van der Waals surface area contributed by atoms with E-state index in [0.717, 1.165) is 11.1 Å². The molecular weight excluding hydrogens is 364 g/mol. The number of sulfonamides is 1. The average Bonchev–Trinajstić information content (AvgIpc) is 2.87. The summed E-state index contributed by atoms with van der Waals surface area (Å²) >= 11 is 0. The second kappa shape index (κ2) is 6.88. The van der Waals surface area contributed by atoms with Crippen molar-refractivity contribution in [1.29, 1.82) is 0 Å². The van der Waals surface area contributed by atoms with Crippen LogP contribution in [0.15, 0.2) is 53.4 Å². The molecule has 0 aliphatic heterocycles. The molecule has 1 heterocycles. The summed E-state index contributed by atoms with van der Waals surface area (Å²) in [6.45, 7) is 3.38. The van der Waals surface area contributed by atoms with Gasteiger partial charge in [0, 0.05) is 18.3 Å². The molecular formula is C19H20N4O3S. The second-order valence-electron chi connectivity index (χ2n) is 6.25. The standard InChI is InChI=1S/C19H20N4O3S/c1-12-18(13(2)23(3)21-12)27(25,26)22-17-6-4-5-16(11-17)14-7-9-15(10-8-14)19(20)24/h4-11,22H,1-3H3,(H2,20,24). The molecule has 0 saturated carbocycles. The number of aromatic nitrogens is 2. The minimum absolute atomic E-state index is 0.182. The van der Waals surface area contributed by atoms with E-state index in [0.29, 0.717) is 22.6 Å². The molecule has 0 bridgehead atoms. The van der Waals surface area contributed by atoms with Crippen LogP contribution in [-0.4, -0.2) is 24.1 Å². The van der Waals surface area contributed by atoms with E-state index in [-0.39, 0.29) is 4.90 Å². The zero-order valence-electron chi connectivity index (χ0n) is 15.2. The molecule has 3 N–H and O–H groups in total. The molecule has 1 amide bonds. The number of nitrogens with one attached hydrogen (secondary N) is 1. The van der Waals surface area contributed by atoms with Crippen LogP contribution in [0.5, 0.6) is 0 Å². The Morgan fingerprint density at radius 1 is 1.07 bits per heavy atom. The molecule has 0 saturated heterocycles. The first-order valence-corrected chi connectivity index (χ1v) is 9.70. The van der Waals surface area contributed by atoms with Crippen LogP contribution < -0.4 is 10.5 Å². The Morgan fingerprint density at radius 2 is 1.74 bits per heavy atom. The highest BCUT2D eigenvalue weighted by Crippen LogP contribution is 2.26. The summed E-state index contributed by atoms with van der Waals surface area (Å²) in [6, 6.07) is 13.8. The number of hydrogen-bond acceptors (Lipinski definition) is 4. The number of carbonyl (C=O) groups is 1. The first kappa shape index (κ1) is 18.7. The van der Waals surface area contributed by atoms with Gasteiger partial charge in [0.1, 0.15) is 4.90 Å². The lowest BCUT2D eigenvalue weighted by Gasteiger charge is -2.10. The third-order valence-corrected chi connectivity index (χ3v) is 5.96. The van der Waals surface area contributed by atoms with Crippen LogP contribution in [0.4, 0.5) is 5.69 Å². The summed E-state index contributed by atoms with van der Waals surface area (Å²) in [6.07, 6.45) is 0. The van der Waals surface area contributed by atoms with Gasteiger partial charge in [-0.2, -0.15) is 5.10 Å². The third kappa shape index (κ3) is 3.70. The van der Waals surface area contributed by atoms with E-state index in [1.807, 2.05) is 6.07 Å². The lowest BCUT2D eigenvalue weighted by molar-refractivity contribution is 0.100. The molecule has 8 heteroatoms. The SMILES string of the molecule is Cc1nn(C)c(C)c1S(=O)(=O)Nc1cccc(-c2ccc(C(N)=O)cc2)c1. The number of nitrogens with zero attached hydrogens (tertiary/aromatic N) is 2. The Balaban J connectivity index is 1.93. The molecule has 0 aliphatic rings. The summed E-state index contributed by atoms with van der Waals surface area (Å²) in [7, 11) is -2.06. The van der Waals surface area contributed by atoms with Gasteiger partial charge in [0.25, 0.3) is 10.0 Å². The number of primary amides is 1. The van der Waals surface area contributed by atoms with Crippen molar-refractivity contribution >= 4 is 21.6 Å². The van der Waals surface area contributed by atoms with Gasteiger partial charge in [-0.3, -0.25) is 14.2 Å². The monoisotopic (exact) mass is 384 g/mol. The zero-order valence-corrected chi connectivity index (χ0v) is 16.0. The molecule has 3 rings (SSSR count). The minimum atomic E-state index is -3.77. The lowest BCUT2D eigenvalue weighted by atomic mass is 10.0. The van der Waals surface area contributed by atoms with Gasteiger partial charge in [0.05, 0.1) is 11.4 Å². The number of rotatable bonds is 5. The number of hydrogen-bond donors (Lipinski definition) is 2. The maximum atomic E-state index is 12.8. The highest BCUT2D eigenvalue weighted by Gasteiger charge is 2.23. The fourth-order valence-electron chi connectivity index (χ4n) is 2.94. The predicted molar refractivity (Wildman–Crippen MR) is 104 cm³/mol. The van der Waals surface area contributed by atoms with Crippen molar-refractivity contribution in [1.82, 2.24) is 9.78 Å². The van der Waals surface area contributed by atoms with Gasteiger partial charge in [0.15, 0.2) is 0 Å². The zero-order chi connectivity index (χ0) is 19.8. The molecule has 7 nitrogen and oxygen atoms in total. The molecule has 140 valence electrons. The van der Waals surface area contributed by atoms with Crippen molar-refractivity contribution in [3.05, 3.63) is 65.5 Å². The Kier molecular flexibility index (Phi) is 4.75. The summed E-state index contributed by atoms with van der Waals surface area (Å²) < 4.78 is 29.8. The molecule has 0 atom stereocenters. The van der Waals surface area contributed by atoms with E-state index in [9.17, 15) is 13.2 Å². The minimum Gasteiger partial charge on any atom is -0.366 e. The Bertz CT molecular complexity index is 1120. The summed E-state index contributed by atoms with van der Waals surface area (Å²) in [4.78, 5) is 11.4. The molecule has 0 spiro atoms. The second-order valence-corrected chi connectivity index (χ2v) is 7.87. The van der Waals surface area contributed by atoms with Crippen molar-refractivity contribution < 1.29 is 13.2 Å². The molecule has 2 aromatic carbocycles. The summed E-state index contributed by atoms with van der Waals surface area (Å²) in [5, 5.41) is 4.17. The number of amides is 1. The Morgan fingerprint density at radius 3 is 2.30 bits per heavy atom. The van der Waals surface area contributed by atoms with E-state index < -0.39 is 15.9 Å². The first-order valence-electron chi connectivity index (χ1n) is 8.22. The van der Waals surface area contributed by atoms with Gasteiger partial charge in [-0.1, -0.05) is 24.3 Å².